The first-order valence-corrected chi connectivity index (χ1v) is 11.8. The van der Waals surface area contributed by atoms with Crippen molar-refractivity contribution in [1.82, 2.24) is 5.32 Å². The fourth-order valence-corrected chi connectivity index (χ4v) is 5.65. The number of nitrogens with one attached hydrogen (secondary N) is 1. The second-order valence-electron chi connectivity index (χ2n) is 6.50. The number of hydrogen-bond donors (Lipinski definition) is 1. The Hall–Kier alpha value is -3.04. The molecule has 1 N–H and O–H groups in total. The lowest BCUT2D eigenvalue weighted by atomic mass is 10.3. The van der Waals surface area contributed by atoms with E-state index in [-0.39, 0.29) is 18.0 Å². The Bertz CT molecular complexity index is 1100. The molecule has 0 aliphatic carbocycles. The minimum absolute atomic E-state index is 0.0742. The van der Waals surface area contributed by atoms with Gasteiger partial charge in [0.25, 0.3) is 5.91 Å². The van der Waals surface area contributed by atoms with Crippen molar-refractivity contribution in [1.29, 1.82) is 0 Å². The van der Waals surface area contributed by atoms with E-state index in [1.54, 1.807) is 61.0 Å². The zero-order chi connectivity index (χ0) is 22.3. The van der Waals surface area contributed by atoms with Gasteiger partial charge in [-0.25, -0.2) is 8.42 Å². The summed E-state index contributed by atoms with van der Waals surface area (Å²) in [5.74, 6) is 1.24. The van der Waals surface area contributed by atoms with Crippen LogP contribution in [0.25, 0.3) is 0 Å². The Morgan fingerprint density at radius 3 is 2.32 bits per heavy atom. The van der Waals surface area contributed by atoms with E-state index in [2.05, 4.69) is 5.32 Å². The summed E-state index contributed by atoms with van der Waals surface area (Å²) in [6.07, 6.45) is 0. The fraction of sp³-hybridized carbons (Fsp3) is 0.227. The monoisotopic (exact) mass is 461 g/mol. The smallest absolute Gasteiger partial charge is 0.257 e. The SMILES string of the molecule is COc1ccc(S(=O)(=O)C(CNC(=O)COc2cccc(OC)c2)c2cccs2)cc1. The average molecular weight is 462 g/mol. The molecule has 0 aliphatic heterocycles. The van der Waals surface area contributed by atoms with Gasteiger partial charge in [-0.3, -0.25) is 4.79 Å². The highest BCUT2D eigenvalue weighted by Gasteiger charge is 2.30. The van der Waals surface area contributed by atoms with E-state index < -0.39 is 21.0 Å². The molecule has 0 saturated heterocycles. The van der Waals surface area contributed by atoms with E-state index in [9.17, 15) is 13.2 Å². The second kappa shape index (κ2) is 10.3. The molecular formula is C22H23NO6S2. The van der Waals surface area contributed by atoms with E-state index in [1.165, 1.54) is 30.6 Å². The van der Waals surface area contributed by atoms with Crippen LogP contribution < -0.4 is 19.5 Å². The highest BCUT2D eigenvalue weighted by Crippen LogP contribution is 2.32. The molecule has 0 spiro atoms. The molecule has 1 amide bonds. The van der Waals surface area contributed by atoms with Gasteiger partial charge in [0.1, 0.15) is 22.5 Å². The van der Waals surface area contributed by atoms with Crippen LogP contribution in [0.15, 0.2) is 70.9 Å². The van der Waals surface area contributed by atoms with Crippen molar-refractivity contribution < 1.29 is 27.4 Å². The van der Waals surface area contributed by atoms with E-state index >= 15 is 0 Å². The number of methoxy groups -OCH3 is 2. The summed E-state index contributed by atoms with van der Waals surface area (Å²) in [4.78, 5) is 13.1. The first-order valence-electron chi connectivity index (χ1n) is 9.39. The first-order chi connectivity index (χ1) is 14.9. The van der Waals surface area contributed by atoms with Gasteiger partial charge in [-0.2, -0.15) is 0 Å². The second-order valence-corrected chi connectivity index (χ2v) is 9.61. The van der Waals surface area contributed by atoms with Crippen molar-refractivity contribution in [3.05, 3.63) is 70.9 Å². The molecule has 1 heterocycles. The van der Waals surface area contributed by atoms with Gasteiger partial charge in [0, 0.05) is 17.5 Å². The van der Waals surface area contributed by atoms with Gasteiger partial charge < -0.3 is 19.5 Å². The Kier molecular flexibility index (Phi) is 7.54. The van der Waals surface area contributed by atoms with Gasteiger partial charge in [-0.15, -0.1) is 11.3 Å². The summed E-state index contributed by atoms with van der Waals surface area (Å²) in [5, 5.41) is 3.57. The van der Waals surface area contributed by atoms with Crippen molar-refractivity contribution in [3.63, 3.8) is 0 Å². The van der Waals surface area contributed by atoms with Crippen LogP contribution in [-0.4, -0.2) is 41.7 Å². The third kappa shape index (κ3) is 5.77. The van der Waals surface area contributed by atoms with Crippen molar-refractivity contribution >= 4 is 27.1 Å². The van der Waals surface area contributed by atoms with Crippen LogP contribution in [0.5, 0.6) is 17.2 Å². The zero-order valence-electron chi connectivity index (χ0n) is 17.1. The highest BCUT2D eigenvalue weighted by molar-refractivity contribution is 7.91. The van der Waals surface area contributed by atoms with Gasteiger partial charge in [0.05, 0.1) is 19.1 Å². The maximum Gasteiger partial charge on any atom is 0.257 e. The molecule has 1 unspecified atom stereocenters. The lowest BCUT2D eigenvalue weighted by Gasteiger charge is -2.18. The lowest BCUT2D eigenvalue weighted by molar-refractivity contribution is -0.123. The summed E-state index contributed by atoms with van der Waals surface area (Å²) in [7, 11) is -0.682. The largest absolute Gasteiger partial charge is 0.497 e. The normalized spacial score (nSPS) is 12.1. The Labute approximate surface area is 185 Å². The maximum atomic E-state index is 13.3. The average Bonchev–Trinajstić information content (AvgIpc) is 3.32. The molecule has 164 valence electrons. The predicted octanol–water partition coefficient (Wildman–Crippen LogP) is 3.48. The molecule has 2 aromatic carbocycles. The van der Waals surface area contributed by atoms with Crippen molar-refractivity contribution in [2.24, 2.45) is 0 Å². The Balaban J connectivity index is 1.69. The predicted molar refractivity (Wildman–Crippen MR) is 119 cm³/mol. The van der Waals surface area contributed by atoms with E-state index in [0.717, 1.165) is 0 Å². The number of hydrogen-bond acceptors (Lipinski definition) is 7. The first kappa shape index (κ1) is 22.6. The number of carbonyl (C=O) groups is 1. The summed E-state index contributed by atoms with van der Waals surface area (Å²) in [6.45, 7) is -0.317. The molecule has 0 saturated carbocycles. The van der Waals surface area contributed by atoms with Crippen LogP contribution in [0, 0.1) is 0 Å². The summed E-state index contributed by atoms with van der Waals surface area (Å²) in [6, 6.07) is 16.6. The molecule has 3 aromatic rings. The molecule has 0 bridgehead atoms. The Morgan fingerprint density at radius 2 is 1.68 bits per heavy atom. The van der Waals surface area contributed by atoms with Crippen molar-refractivity contribution in [3.8, 4) is 17.2 Å². The third-order valence-electron chi connectivity index (χ3n) is 4.52. The molecule has 0 fully saturated rings. The molecule has 0 radical (unpaired) electrons. The summed E-state index contributed by atoms with van der Waals surface area (Å²) >= 11 is 1.33. The van der Waals surface area contributed by atoms with Crippen molar-refractivity contribution in [2.45, 2.75) is 10.1 Å². The van der Waals surface area contributed by atoms with Crippen LogP contribution in [0.2, 0.25) is 0 Å². The molecule has 7 nitrogen and oxygen atoms in total. The van der Waals surface area contributed by atoms with Crippen LogP contribution in [0.3, 0.4) is 0 Å². The quantitative estimate of drug-likeness (QED) is 0.497. The molecule has 0 aliphatic rings. The number of thiophene rings is 1. The number of rotatable bonds is 10. The van der Waals surface area contributed by atoms with E-state index in [0.29, 0.717) is 22.1 Å². The molecule has 3 rings (SSSR count). The number of ether oxygens (including phenoxy) is 3. The number of sulfone groups is 1. The van der Waals surface area contributed by atoms with Gasteiger partial charge >= 0.3 is 0 Å². The van der Waals surface area contributed by atoms with Crippen LogP contribution in [0.1, 0.15) is 10.1 Å². The van der Waals surface area contributed by atoms with Gasteiger partial charge in [-0.1, -0.05) is 12.1 Å². The van der Waals surface area contributed by atoms with Gasteiger partial charge in [0.15, 0.2) is 16.4 Å². The topological polar surface area (TPSA) is 90.9 Å². The fourth-order valence-electron chi connectivity index (χ4n) is 2.86. The lowest BCUT2D eigenvalue weighted by Crippen LogP contribution is -2.34. The minimum atomic E-state index is -3.74. The van der Waals surface area contributed by atoms with Crippen molar-refractivity contribution in [2.75, 3.05) is 27.4 Å². The summed E-state index contributed by atoms with van der Waals surface area (Å²) < 4.78 is 42.2. The zero-order valence-corrected chi connectivity index (χ0v) is 18.7. The maximum absolute atomic E-state index is 13.3. The molecule has 9 heteroatoms. The molecule has 1 aromatic heterocycles. The van der Waals surface area contributed by atoms with Crippen LogP contribution in [-0.2, 0) is 14.6 Å². The third-order valence-corrected chi connectivity index (χ3v) is 7.75. The summed E-state index contributed by atoms with van der Waals surface area (Å²) in [5.41, 5.74) is 0. The van der Waals surface area contributed by atoms with E-state index in [1.807, 2.05) is 0 Å². The number of benzene rings is 2. The van der Waals surface area contributed by atoms with Gasteiger partial charge in [0.2, 0.25) is 0 Å². The number of carbonyl (C=O) groups excluding carboxylic acids is 1. The molecule has 31 heavy (non-hydrogen) atoms. The van der Waals surface area contributed by atoms with E-state index in [4.69, 9.17) is 14.2 Å². The Morgan fingerprint density at radius 1 is 0.968 bits per heavy atom. The molecule has 1 atom stereocenters. The molecular weight excluding hydrogens is 438 g/mol. The minimum Gasteiger partial charge on any atom is -0.497 e. The van der Waals surface area contributed by atoms with Gasteiger partial charge in [-0.05, 0) is 47.8 Å². The van der Waals surface area contributed by atoms with Crippen LogP contribution in [0.4, 0.5) is 0 Å². The number of amides is 1. The highest BCUT2D eigenvalue weighted by atomic mass is 32.2. The van der Waals surface area contributed by atoms with Crippen LogP contribution >= 0.6 is 11.3 Å². The standard InChI is InChI=1S/C22H23NO6S2/c1-27-16-8-10-19(11-9-16)31(25,26)21(20-7-4-12-30-20)14-23-22(24)15-29-18-6-3-5-17(13-18)28-2/h3-13,21H,14-15H2,1-2H3,(H,23,24).